The molecule has 0 saturated heterocycles. The fourth-order valence-electron chi connectivity index (χ4n) is 3.69. The molecule has 28 heavy (non-hydrogen) atoms. The maximum Gasteiger partial charge on any atom is 0.226 e. The van der Waals surface area contributed by atoms with Gasteiger partial charge in [0.2, 0.25) is 5.91 Å². The van der Waals surface area contributed by atoms with Crippen molar-refractivity contribution in [2.24, 2.45) is 5.92 Å². The van der Waals surface area contributed by atoms with E-state index in [2.05, 4.69) is 19.9 Å². The second-order valence-electron chi connectivity index (χ2n) is 7.02. The molecule has 3 rings (SSSR count). The van der Waals surface area contributed by atoms with Crippen molar-refractivity contribution in [2.45, 2.75) is 33.2 Å². The van der Waals surface area contributed by atoms with Crippen LogP contribution in [0, 0.1) is 5.92 Å². The number of fused-ring (bicyclic) bond motifs is 1. The predicted octanol–water partition coefficient (Wildman–Crippen LogP) is 4.53. The first-order chi connectivity index (χ1) is 13.6. The van der Waals surface area contributed by atoms with Gasteiger partial charge in [-0.3, -0.25) is 4.79 Å². The molecule has 0 aliphatic carbocycles. The lowest BCUT2D eigenvalue weighted by molar-refractivity contribution is -0.136. The van der Waals surface area contributed by atoms with Gasteiger partial charge >= 0.3 is 0 Å². The third-order valence-corrected chi connectivity index (χ3v) is 5.37. The van der Waals surface area contributed by atoms with Crippen LogP contribution in [0.3, 0.4) is 0 Å². The SMILES string of the molecule is CCC(CC)C(=O)N1CCOc2c(cc(-c3cccc(OC)c3)cc2OC)C1. The lowest BCUT2D eigenvalue weighted by atomic mass is 9.99. The van der Waals surface area contributed by atoms with Gasteiger partial charge in [0.15, 0.2) is 11.5 Å². The molecule has 0 radical (unpaired) electrons. The molecule has 1 aliphatic heterocycles. The van der Waals surface area contributed by atoms with Crippen molar-refractivity contribution in [3.05, 3.63) is 42.0 Å². The van der Waals surface area contributed by atoms with E-state index >= 15 is 0 Å². The first kappa shape index (κ1) is 20.1. The van der Waals surface area contributed by atoms with Crippen LogP contribution in [0.1, 0.15) is 32.3 Å². The Morgan fingerprint density at radius 3 is 2.57 bits per heavy atom. The lowest BCUT2D eigenvalue weighted by Crippen LogP contribution is -2.36. The fraction of sp³-hybridized carbons (Fsp3) is 0.435. The van der Waals surface area contributed by atoms with Gasteiger partial charge < -0.3 is 19.1 Å². The Bertz CT molecular complexity index is 829. The summed E-state index contributed by atoms with van der Waals surface area (Å²) < 4.78 is 17.0. The Morgan fingerprint density at radius 1 is 1.11 bits per heavy atom. The zero-order valence-electron chi connectivity index (χ0n) is 17.2. The minimum Gasteiger partial charge on any atom is -0.497 e. The summed E-state index contributed by atoms with van der Waals surface area (Å²) in [5.41, 5.74) is 3.01. The van der Waals surface area contributed by atoms with E-state index < -0.39 is 0 Å². The minimum absolute atomic E-state index is 0.0602. The van der Waals surface area contributed by atoms with Gasteiger partial charge in [0, 0.05) is 18.0 Å². The molecule has 0 saturated carbocycles. The molecular weight excluding hydrogens is 354 g/mol. The van der Waals surface area contributed by atoms with Gasteiger partial charge in [-0.1, -0.05) is 26.0 Å². The quantitative estimate of drug-likeness (QED) is 0.735. The number of benzene rings is 2. The Morgan fingerprint density at radius 2 is 1.89 bits per heavy atom. The number of nitrogens with zero attached hydrogens (tertiary/aromatic N) is 1. The van der Waals surface area contributed by atoms with E-state index in [1.165, 1.54) is 0 Å². The Kier molecular flexibility index (Phi) is 6.45. The Hall–Kier alpha value is -2.69. The fourth-order valence-corrected chi connectivity index (χ4v) is 3.69. The predicted molar refractivity (Wildman–Crippen MR) is 110 cm³/mol. The highest BCUT2D eigenvalue weighted by atomic mass is 16.5. The van der Waals surface area contributed by atoms with E-state index in [9.17, 15) is 4.79 Å². The van der Waals surface area contributed by atoms with Crippen molar-refractivity contribution in [3.63, 3.8) is 0 Å². The van der Waals surface area contributed by atoms with Crippen LogP contribution < -0.4 is 14.2 Å². The smallest absolute Gasteiger partial charge is 0.226 e. The summed E-state index contributed by atoms with van der Waals surface area (Å²) in [6, 6.07) is 12.0. The number of carbonyl (C=O) groups is 1. The van der Waals surface area contributed by atoms with Crippen LogP contribution >= 0.6 is 0 Å². The third kappa shape index (κ3) is 4.08. The number of ether oxygens (including phenoxy) is 3. The van der Waals surface area contributed by atoms with Gasteiger partial charge in [-0.05, 0) is 48.2 Å². The molecule has 0 fully saturated rings. The molecule has 1 amide bonds. The summed E-state index contributed by atoms with van der Waals surface area (Å²) in [6.45, 7) is 5.71. The lowest BCUT2D eigenvalue weighted by Gasteiger charge is -2.24. The highest BCUT2D eigenvalue weighted by Gasteiger charge is 2.26. The van der Waals surface area contributed by atoms with Crippen LogP contribution in [-0.4, -0.2) is 38.2 Å². The molecule has 0 atom stereocenters. The van der Waals surface area contributed by atoms with Gasteiger partial charge in [-0.25, -0.2) is 0 Å². The van der Waals surface area contributed by atoms with E-state index in [1.807, 2.05) is 35.2 Å². The summed E-state index contributed by atoms with van der Waals surface area (Å²) in [7, 11) is 3.30. The number of carbonyl (C=O) groups excluding carboxylic acids is 1. The van der Waals surface area contributed by atoms with Crippen molar-refractivity contribution >= 4 is 5.91 Å². The molecule has 0 bridgehead atoms. The van der Waals surface area contributed by atoms with Gasteiger partial charge in [-0.15, -0.1) is 0 Å². The van der Waals surface area contributed by atoms with Gasteiger partial charge in [-0.2, -0.15) is 0 Å². The van der Waals surface area contributed by atoms with Crippen molar-refractivity contribution in [1.29, 1.82) is 0 Å². The van der Waals surface area contributed by atoms with Crippen LogP contribution in [0.15, 0.2) is 36.4 Å². The molecule has 2 aromatic rings. The van der Waals surface area contributed by atoms with Crippen molar-refractivity contribution in [3.8, 4) is 28.4 Å². The van der Waals surface area contributed by atoms with Crippen molar-refractivity contribution in [2.75, 3.05) is 27.4 Å². The number of methoxy groups -OCH3 is 2. The maximum atomic E-state index is 12.9. The van der Waals surface area contributed by atoms with E-state index in [0.717, 1.165) is 41.0 Å². The summed E-state index contributed by atoms with van der Waals surface area (Å²) >= 11 is 0. The van der Waals surface area contributed by atoms with Gasteiger partial charge in [0.1, 0.15) is 12.4 Å². The van der Waals surface area contributed by atoms with E-state index in [0.29, 0.717) is 25.4 Å². The highest BCUT2D eigenvalue weighted by molar-refractivity contribution is 5.79. The zero-order valence-corrected chi connectivity index (χ0v) is 17.2. The summed E-state index contributed by atoms with van der Waals surface area (Å²) in [4.78, 5) is 14.9. The summed E-state index contributed by atoms with van der Waals surface area (Å²) in [6.07, 6.45) is 1.71. The monoisotopic (exact) mass is 383 g/mol. The molecule has 2 aromatic carbocycles. The molecular formula is C23H29NO4. The number of hydrogen-bond donors (Lipinski definition) is 0. The van der Waals surface area contributed by atoms with Crippen LogP contribution in [0.2, 0.25) is 0 Å². The standard InChI is InChI=1S/C23H29NO4/c1-5-16(6-2)23(25)24-10-11-28-22-19(15-24)12-18(14-21(22)27-4)17-8-7-9-20(13-17)26-3/h7-9,12-14,16H,5-6,10-11,15H2,1-4H3. The maximum absolute atomic E-state index is 12.9. The zero-order chi connectivity index (χ0) is 20.1. The molecule has 150 valence electrons. The third-order valence-electron chi connectivity index (χ3n) is 5.37. The number of rotatable bonds is 6. The summed E-state index contributed by atoms with van der Waals surface area (Å²) in [5.74, 6) is 2.48. The van der Waals surface area contributed by atoms with Crippen molar-refractivity contribution in [1.82, 2.24) is 4.90 Å². The molecule has 0 unspecified atom stereocenters. The molecule has 5 heteroatoms. The van der Waals surface area contributed by atoms with E-state index in [1.54, 1.807) is 14.2 Å². The van der Waals surface area contributed by atoms with Gasteiger partial charge in [0.25, 0.3) is 0 Å². The highest BCUT2D eigenvalue weighted by Crippen LogP contribution is 2.39. The van der Waals surface area contributed by atoms with E-state index in [4.69, 9.17) is 14.2 Å². The largest absolute Gasteiger partial charge is 0.497 e. The van der Waals surface area contributed by atoms with Gasteiger partial charge in [0.05, 0.1) is 20.8 Å². The minimum atomic E-state index is 0.0602. The number of hydrogen-bond acceptors (Lipinski definition) is 4. The van der Waals surface area contributed by atoms with Crippen LogP contribution in [0.4, 0.5) is 0 Å². The molecule has 1 heterocycles. The molecule has 5 nitrogen and oxygen atoms in total. The van der Waals surface area contributed by atoms with Crippen LogP contribution in [0.25, 0.3) is 11.1 Å². The molecule has 0 N–H and O–H groups in total. The second kappa shape index (κ2) is 9.00. The number of amides is 1. The average Bonchev–Trinajstić information content (AvgIpc) is 2.96. The second-order valence-corrected chi connectivity index (χ2v) is 7.02. The average molecular weight is 383 g/mol. The Balaban J connectivity index is 2.00. The Labute approximate surface area is 167 Å². The molecule has 0 spiro atoms. The normalized spacial score (nSPS) is 13.5. The van der Waals surface area contributed by atoms with Crippen molar-refractivity contribution < 1.29 is 19.0 Å². The first-order valence-electron chi connectivity index (χ1n) is 9.88. The molecule has 0 aromatic heterocycles. The first-order valence-corrected chi connectivity index (χ1v) is 9.88. The van der Waals surface area contributed by atoms with E-state index in [-0.39, 0.29) is 11.8 Å². The van der Waals surface area contributed by atoms with Crippen LogP contribution in [-0.2, 0) is 11.3 Å². The molecule has 1 aliphatic rings. The van der Waals surface area contributed by atoms with Crippen LogP contribution in [0.5, 0.6) is 17.2 Å². The topological polar surface area (TPSA) is 48.0 Å². The summed E-state index contributed by atoms with van der Waals surface area (Å²) in [5, 5.41) is 0.